The van der Waals surface area contributed by atoms with E-state index in [4.69, 9.17) is 16.7 Å². The molecule has 0 spiro atoms. The third-order valence-electron chi connectivity index (χ3n) is 2.80. The van der Waals surface area contributed by atoms with Crippen LogP contribution in [0.3, 0.4) is 0 Å². The zero-order valence-corrected chi connectivity index (χ0v) is 10.4. The number of aryl methyl sites for hydroxylation is 2. The van der Waals surface area contributed by atoms with Crippen LogP contribution in [0.1, 0.15) is 16.7 Å². The molecular weight excluding hydrogens is 238 g/mol. The van der Waals surface area contributed by atoms with Gasteiger partial charge in [0.25, 0.3) is 0 Å². The van der Waals surface area contributed by atoms with Crippen molar-refractivity contribution in [3.8, 4) is 0 Å². The highest BCUT2D eigenvalue weighted by Crippen LogP contribution is 2.23. The number of rotatable bonds is 2. The highest BCUT2D eigenvalue weighted by Gasteiger charge is 2.09. The Bertz CT molecular complexity index is 608. The van der Waals surface area contributed by atoms with Crippen LogP contribution in [-0.4, -0.2) is 16.1 Å². The Balaban J connectivity index is 2.63. The number of nitrogens with zero attached hydrogens (tertiary/aromatic N) is 1. The van der Waals surface area contributed by atoms with Crippen LogP contribution >= 0.6 is 11.6 Å². The minimum atomic E-state index is -0.906. The van der Waals surface area contributed by atoms with Crippen LogP contribution in [0.4, 0.5) is 0 Å². The maximum absolute atomic E-state index is 10.7. The van der Waals surface area contributed by atoms with Crippen molar-refractivity contribution in [3.63, 3.8) is 0 Å². The van der Waals surface area contributed by atoms with Gasteiger partial charge < -0.3 is 5.11 Å². The largest absolute Gasteiger partial charge is 0.481 e. The maximum atomic E-state index is 10.7. The third-order valence-corrected chi connectivity index (χ3v) is 3.13. The quantitative estimate of drug-likeness (QED) is 0.832. The molecule has 0 saturated heterocycles. The van der Waals surface area contributed by atoms with E-state index in [0.29, 0.717) is 5.56 Å². The number of hydrogen-bond acceptors (Lipinski definition) is 2. The number of aromatic nitrogens is 1. The summed E-state index contributed by atoms with van der Waals surface area (Å²) in [6, 6.07) is 5.76. The second-order valence-electron chi connectivity index (χ2n) is 4.14. The molecule has 3 nitrogen and oxygen atoms in total. The van der Waals surface area contributed by atoms with Gasteiger partial charge in [-0.3, -0.25) is 4.79 Å². The van der Waals surface area contributed by atoms with E-state index in [9.17, 15) is 4.79 Å². The van der Waals surface area contributed by atoms with Crippen LogP contribution < -0.4 is 0 Å². The smallest absolute Gasteiger partial charge is 0.307 e. The van der Waals surface area contributed by atoms with E-state index in [1.54, 1.807) is 6.07 Å². The molecule has 0 aliphatic heterocycles. The fourth-order valence-corrected chi connectivity index (χ4v) is 1.96. The molecule has 0 atom stereocenters. The molecule has 1 N–H and O–H groups in total. The maximum Gasteiger partial charge on any atom is 0.307 e. The fraction of sp³-hybridized carbons (Fsp3) is 0.231. The summed E-state index contributed by atoms with van der Waals surface area (Å²) in [4.78, 5) is 14.9. The first-order chi connectivity index (χ1) is 7.97. The number of carboxylic acid groups (broad SMARTS) is 1. The van der Waals surface area contributed by atoms with Gasteiger partial charge in [-0.1, -0.05) is 11.6 Å². The van der Waals surface area contributed by atoms with Crippen LogP contribution in [0.15, 0.2) is 18.2 Å². The van der Waals surface area contributed by atoms with E-state index in [1.807, 2.05) is 26.0 Å². The molecule has 1 aromatic carbocycles. The van der Waals surface area contributed by atoms with Crippen molar-refractivity contribution in [1.82, 2.24) is 4.98 Å². The Morgan fingerprint density at radius 3 is 2.59 bits per heavy atom. The molecule has 0 unspecified atom stereocenters. The number of benzene rings is 1. The SMILES string of the molecule is Cc1cc2cc(CC(=O)O)c(Cl)nc2cc1C. The number of carbonyl (C=O) groups is 1. The zero-order valence-electron chi connectivity index (χ0n) is 9.62. The Labute approximate surface area is 104 Å². The minimum absolute atomic E-state index is 0.102. The van der Waals surface area contributed by atoms with Crippen molar-refractivity contribution in [1.29, 1.82) is 0 Å². The standard InChI is InChI=1S/C13H12ClNO2/c1-7-3-9-5-10(6-12(16)17)13(14)15-11(9)4-8(7)2/h3-5H,6H2,1-2H3,(H,16,17). The highest BCUT2D eigenvalue weighted by atomic mass is 35.5. The van der Waals surface area contributed by atoms with Gasteiger partial charge in [0.15, 0.2) is 0 Å². The molecule has 0 bridgehead atoms. The van der Waals surface area contributed by atoms with Crippen molar-refractivity contribution >= 4 is 28.5 Å². The molecule has 2 aromatic rings. The molecule has 0 aliphatic rings. The van der Waals surface area contributed by atoms with Gasteiger partial charge in [-0.2, -0.15) is 0 Å². The highest BCUT2D eigenvalue weighted by molar-refractivity contribution is 6.30. The lowest BCUT2D eigenvalue weighted by molar-refractivity contribution is -0.136. The van der Waals surface area contributed by atoms with Crippen molar-refractivity contribution in [2.75, 3.05) is 0 Å². The second-order valence-corrected chi connectivity index (χ2v) is 4.50. The van der Waals surface area contributed by atoms with Crippen molar-refractivity contribution in [3.05, 3.63) is 40.0 Å². The zero-order chi connectivity index (χ0) is 12.6. The molecule has 0 amide bonds. The summed E-state index contributed by atoms with van der Waals surface area (Å²) in [5.74, 6) is -0.906. The van der Waals surface area contributed by atoms with E-state index in [2.05, 4.69) is 4.98 Å². The summed E-state index contributed by atoms with van der Waals surface area (Å²) >= 11 is 5.96. The predicted octanol–water partition coefficient (Wildman–Crippen LogP) is 3.13. The van der Waals surface area contributed by atoms with Gasteiger partial charge in [-0.05, 0) is 43.2 Å². The Kier molecular flexibility index (Phi) is 3.03. The Morgan fingerprint density at radius 1 is 1.29 bits per heavy atom. The number of halogens is 1. The van der Waals surface area contributed by atoms with E-state index >= 15 is 0 Å². The molecule has 0 saturated carbocycles. The molecule has 0 radical (unpaired) electrons. The second kappa shape index (κ2) is 4.34. The van der Waals surface area contributed by atoms with Crippen LogP contribution in [0.25, 0.3) is 10.9 Å². The molecule has 88 valence electrons. The van der Waals surface area contributed by atoms with E-state index in [-0.39, 0.29) is 11.6 Å². The summed E-state index contributed by atoms with van der Waals surface area (Å²) in [7, 11) is 0. The molecule has 4 heteroatoms. The number of aliphatic carboxylic acids is 1. The third kappa shape index (κ3) is 2.39. The van der Waals surface area contributed by atoms with Gasteiger partial charge in [0, 0.05) is 10.9 Å². The molecule has 0 fully saturated rings. The van der Waals surface area contributed by atoms with Crippen LogP contribution in [0, 0.1) is 13.8 Å². The summed E-state index contributed by atoms with van der Waals surface area (Å²) < 4.78 is 0. The molecule has 0 aliphatic carbocycles. The first-order valence-electron chi connectivity index (χ1n) is 5.25. The molecule has 17 heavy (non-hydrogen) atoms. The van der Waals surface area contributed by atoms with Crippen LogP contribution in [0.2, 0.25) is 5.15 Å². The minimum Gasteiger partial charge on any atom is -0.481 e. The van der Waals surface area contributed by atoms with Gasteiger partial charge in [0.05, 0.1) is 11.9 Å². The molecule has 1 heterocycles. The van der Waals surface area contributed by atoms with Gasteiger partial charge >= 0.3 is 5.97 Å². The van der Waals surface area contributed by atoms with Gasteiger partial charge in [0.2, 0.25) is 0 Å². The van der Waals surface area contributed by atoms with Gasteiger partial charge in [-0.15, -0.1) is 0 Å². The molecular formula is C13H12ClNO2. The van der Waals surface area contributed by atoms with E-state index in [0.717, 1.165) is 22.0 Å². The normalized spacial score (nSPS) is 10.8. The summed E-state index contributed by atoms with van der Waals surface area (Å²) in [6.07, 6.45) is -0.102. The summed E-state index contributed by atoms with van der Waals surface area (Å²) in [5.41, 5.74) is 3.65. The summed E-state index contributed by atoms with van der Waals surface area (Å²) in [6.45, 7) is 4.02. The Morgan fingerprint density at radius 2 is 1.94 bits per heavy atom. The average Bonchev–Trinajstić information content (AvgIpc) is 2.22. The number of hydrogen-bond donors (Lipinski definition) is 1. The van der Waals surface area contributed by atoms with E-state index < -0.39 is 5.97 Å². The predicted molar refractivity (Wildman–Crippen MR) is 67.6 cm³/mol. The van der Waals surface area contributed by atoms with Crippen molar-refractivity contribution in [2.24, 2.45) is 0 Å². The number of pyridine rings is 1. The monoisotopic (exact) mass is 249 g/mol. The lowest BCUT2D eigenvalue weighted by Crippen LogP contribution is -2.02. The van der Waals surface area contributed by atoms with Gasteiger partial charge in [0.1, 0.15) is 5.15 Å². The average molecular weight is 250 g/mol. The summed E-state index contributed by atoms with van der Waals surface area (Å²) in [5, 5.41) is 9.97. The van der Waals surface area contributed by atoms with Crippen molar-refractivity contribution < 1.29 is 9.90 Å². The Hall–Kier alpha value is -1.61. The lowest BCUT2D eigenvalue weighted by Gasteiger charge is -2.07. The van der Waals surface area contributed by atoms with Gasteiger partial charge in [-0.25, -0.2) is 4.98 Å². The number of fused-ring (bicyclic) bond motifs is 1. The van der Waals surface area contributed by atoms with Crippen LogP contribution in [-0.2, 0) is 11.2 Å². The van der Waals surface area contributed by atoms with Crippen LogP contribution in [0.5, 0.6) is 0 Å². The molecule has 2 rings (SSSR count). The molecule has 1 aromatic heterocycles. The lowest BCUT2D eigenvalue weighted by atomic mass is 10.0. The fourth-order valence-electron chi connectivity index (χ4n) is 1.75. The number of carboxylic acids is 1. The van der Waals surface area contributed by atoms with Crippen molar-refractivity contribution in [2.45, 2.75) is 20.3 Å². The van der Waals surface area contributed by atoms with E-state index in [1.165, 1.54) is 0 Å². The topological polar surface area (TPSA) is 50.2 Å². The first kappa shape index (κ1) is 11.9. The first-order valence-corrected chi connectivity index (χ1v) is 5.63.